The van der Waals surface area contributed by atoms with Crippen LogP contribution in [0.1, 0.15) is 12.6 Å². The van der Waals surface area contributed by atoms with Gasteiger partial charge in [-0.25, -0.2) is 32.2 Å². The molecule has 0 radical (unpaired) electrons. The van der Waals surface area contributed by atoms with E-state index in [1.165, 1.54) is 24.5 Å². The summed E-state index contributed by atoms with van der Waals surface area (Å²) in [7, 11) is -4.26. The lowest BCUT2D eigenvalue weighted by Gasteiger charge is -2.15. The molecule has 12 heteroatoms. The molecule has 0 aliphatic carbocycles. The number of pyridine rings is 1. The maximum atomic E-state index is 15.3. The van der Waals surface area contributed by atoms with Crippen molar-refractivity contribution in [2.75, 3.05) is 16.6 Å². The lowest BCUT2D eigenvalue weighted by atomic mass is 10.2. The van der Waals surface area contributed by atoms with Gasteiger partial charge in [0.1, 0.15) is 39.7 Å². The summed E-state index contributed by atoms with van der Waals surface area (Å²) in [6.07, 6.45) is 1.20. The Kier molecular flexibility index (Phi) is 6.81. The number of benzene rings is 2. The van der Waals surface area contributed by atoms with Crippen molar-refractivity contribution in [2.24, 2.45) is 0 Å². The summed E-state index contributed by atoms with van der Waals surface area (Å²) >= 11 is 5.97. The molecule has 35 heavy (non-hydrogen) atoms. The zero-order valence-corrected chi connectivity index (χ0v) is 19.8. The second-order valence-electron chi connectivity index (χ2n) is 7.09. The average Bonchev–Trinajstić information content (AvgIpc) is 2.83. The molecule has 0 aliphatic heterocycles. The van der Waals surface area contributed by atoms with E-state index < -0.39 is 33.0 Å². The lowest BCUT2D eigenvalue weighted by molar-refractivity contribution is 0.298. The van der Waals surface area contributed by atoms with Crippen LogP contribution in [0.5, 0.6) is 0 Å². The highest BCUT2D eigenvalue weighted by molar-refractivity contribution is 7.92. The fourth-order valence-corrected chi connectivity index (χ4v) is 4.74. The van der Waals surface area contributed by atoms with Crippen LogP contribution < -0.4 is 10.0 Å². The number of halogens is 3. The fraction of sp³-hybridized carbons (Fsp3) is 0.0870. The Balaban J connectivity index is 1.73. The zero-order chi connectivity index (χ0) is 25.2. The molecule has 2 aromatic carbocycles. The summed E-state index contributed by atoms with van der Waals surface area (Å²) in [6.45, 7) is 5.97. The second kappa shape index (κ2) is 9.80. The van der Waals surface area contributed by atoms with E-state index in [-0.39, 0.29) is 21.3 Å². The summed E-state index contributed by atoms with van der Waals surface area (Å²) in [6, 6.07) is 10.8. The summed E-state index contributed by atoms with van der Waals surface area (Å²) in [5.74, 6) is -1.88. The molecule has 4 aromatic rings. The molecule has 0 unspecified atom stereocenters. The first kappa shape index (κ1) is 24.3. The van der Waals surface area contributed by atoms with Gasteiger partial charge in [-0.2, -0.15) is 0 Å². The van der Waals surface area contributed by atoms with Crippen LogP contribution in [-0.2, 0) is 14.8 Å². The predicted molar refractivity (Wildman–Crippen MR) is 130 cm³/mol. The molecule has 0 bridgehead atoms. The molecule has 0 atom stereocenters. The summed E-state index contributed by atoms with van der Waals surface area (Å²) < 4.78 is 62.9. The lowest BCUT2D eigenvalue weighted by Crippen LogP contribution is -2.15. The standard InChI is InChI=1S/C23H18ClF2N5O3S/c1-3-34-13(2)16-10-11-18-22(29-16)23(28-12-27-18)30-21-15(25)8-9-17(20(21)26)31-35(32,33)19-7-5-4-6-14(19)24/h4-12,31H,2-3H2,1H3,(H,27,28,30). The molecule has 4 rings (SSSR count). The van der Waals surface area contributed by atoms with Crippen LogP contribution in [0.3, 0.4) is 0 Å². The smallest absolute Gasteiger partial charge is 0.263 e. The van der Waals surface area contributed by atoms with Gasteiger partial charge in [-0.3, -0.25) is 4.72 Å². The number of rotatable bonds is 8. The maximum absolute atomic E-state index is 15.3. The quantitative estimate of drug-likeness (QED) is 0.297. The van der Waals surface area contributed by atoms with E-state index in [0.717, 1.165) is 12.1 Å². The number of aromatic nitrogens is 3. The Labute approximate surface area is 204 Å². The molecule has 180 valence electrons. The number of anilines is 3. The van der Waals surface area contributed by atoms with Gasteiger partial charge in [0.05, 0.1) is 22.8 Å². The second-order valence-corrected chi connectivity index (χ2v) is 9.15. The highest BCUT2D eigenvalue weighted by atomic mass is 35.5. The van der Waals surface area contributed by atoms with Crippen molar-refractivity contribution < 1.29 is 21.9 Å². The topological polar surface area (TPSA) is 106 Å². The number of hydrogen-bond acceptors (Lipinski definition) is 7. The highest BCUT2D eigenvalue weighted by Crippen LogP contribution is 2.32. The van der Waals surface area contributed by atoms with Crippen molar-refractivity contribution in [2.45, 2.75) is 11.8 Å². The Hall–Kier alpha value is -3.83. The monoisotopic (exact) mass is 517 g/mol. The number of ether oxygens (including phenoxy) is 1. The summed E-state index contributed by atoms with van der Waals surface area (Å²) in [4.78, 5) is 12.3. The van der Waals surface area contributed by atoms with Gasteiger partial charge in [-0.15, -0.1) is 0 Å². The Morgan fingerprint density at radius 2 is 1.89 bits per heavy atom. The Morgan fingerprint density at radius 3 is 2.63 bits per heavy atom. The molecule has 2 heterocycles. The van der Waals surface area contributed by atoms with Crippen molar-refractivity contribution in [3.05, 3.63) is 83.8 Å². The SMILES string of the molecule is C=C(OCC)c1ccc2ncnc(Nc3c(F)ccc(NS(=O)(=O)c4ccccc4Cl)c3F)c2n1. The van der Waals surface area contributed by atoms with Crippen molar-refractivity contribution in [3.8, 4) is 0 Å². The molecular weight excluding hydrogens is 500 g/mol. The highest BCUT2D eigenvalue weighted by Gasteiger charge is 2.23. The van der Waals surface area contributed by atoms with E-state index in [2.05, 4.69) is 31.6 Å². The molecule has 0 saturated heterocycles. The Bertz CT molecular complexity index is 1550. The molecular formula is C23H18ClF2N5O3S. The van der Waals surface area contributed by atoms with E-state index in [0.29, 0.717) is 23.6 Å². The van der Waals surface area contributed by atoms with E-state index >= 15 is 4.39 Å². The Morgan fingerprint density at radius 1 is 1.11 bits per heavy atom. The molecule has 0 fully saturated rings. The first-order valence-corrected chi connectivity index (χ1v) is 12.0. The van der Waals surface area contributed by atoms with Crippen LogP contribution in [0.15, 0.2) is 66.3 Å². The minimum absolute atomic E-state index is 0.00920. The van der Waals surface area contributed by atoms with Gasteiger partial charge in [0, 0.05) is 0 Å². The van der Waals surface area contributed by atoms with Gasteiger partial charge in [0.15, 0.2) is 11.6 Å². The number of fused-ring (bicyclic) bond motifs is 1. The molecule has 2 N–H and O–H groups in total. The van der Waals surface area contributed by atoms with E-state index in [1.54, 1.807) is 25.1 Å². The summed E-state index contributed by atoms with van der Waals surface area (Å²) in [5, 5.41) is 2.51. The van der Waals surface area contributed by atoms with Gasteiger partial charge in [-0.1, -0.05) is 30.3 Å². The van der Waals surface area contributed by atoms with Gasteiger partial charge < -0.3 is 10.1 Å². The van der Waals surface area contributed by atoms with Crippen molar-refractivity contribution in [3.63, 3.8) is 0 Å². The van der Waals surface area contributed by atoms with Gasteiger partial charge >= 0.3 is 0 Å². The van der Waals surface area contributed by atoms with E-state index in [4.69, 9.17) is 16.3 Å². The third-order valence-electron chi connectivity index (χ3n) is 4.79. The third-order valence-corrected chi connectivity index (χ3v) is 6.66. The first-order valence-electron chi connectivity index (χ1n) is 10.2. The van der Waals surface area contributed by atoms with Crippen LogP contribution in [0.2, 0.25) is 5.02 Å². The minimum Gasteiger partial charge on any atom is -0.492 e. The molecule has 2 aromatic heterocycles. The van der Waals surface area contributed by atoms with E-state index in [1.807, 2.05) is 0 Å². The zero-order valence-electron chi connectivity index (χ0n) is 18.2. The van der Waals surface area contributed by atoms with Gasteiger partial charge in [0.25, 0.3) is 10.0 Å². The molecule has 8 nitrogen and oxygen atoms in total. The van der Waals surface area contributed by atoms with Crippen LogP contribution in [0.25, 0.3) is 16.8 Å². The number of hydrogen-bond donors (Lipinski definition) is 2. The normalized spacial score (nSPS) is 11.3. The third kappa shape index (κ3) is 5.00. The first-order chi connectivity index (χ1) is 16.7. The number of nitrogens with zero attached hydrogens (tertiary/aromatic N) is 3. The average molecular weight is 518 g/mol. The fourth-order valence-electron chi connectivity index (χ4n) is 3.16. The van der Waals surface area contributed by atoms with Crippen LogP contribution in [-0.4, -0.2) is 30.0 Å². The minimum atomic E-state index is -4.26. The predicted octanol–water partition coefficient (Wildman–Crippen LogP) is 5.51. The molecule has 0 amide bonds. The molecule has 0 saturated carbocycles. The number of sulfonamides is 1. The summed E-state index contributed by atoms with van der Waals surface area (Å²) in [5.41, 5.74) is -0.149. The molecule has 0 aliphatic rings. The van der Waals surface area contributed by atoms with Crippen molar-refractivity contribution in [1.82, 2.24) is 15.0 Å². The van der Waals surface area contributed by atoms with Crippen molar-refractivity contribution in [1.29, 1.82) is 0 Å². The van der Waals surface area contributed by atoms with Crippen LogP contribution in [0, 0.1) is 11.6 Å². The maximum Gasteiger partial charge on any atom is 0.263 e. The van der Waals surface area contributed by atoms with Gasteiger partial charge in [-0.05, 0) is 43.3 Å². The van der Waals surface area contributed by atoms with E-state index in [9.17, 15) is 12.8 Å². The van der Waals surface area contributed by atoms with Gasteiger partial charge in [0.2, 0.25) is 0 Å². The van der Waals surface area contributed by atoms with Crippen molar-refractivity contribution >= 4 is 55.6 Å². The molecule has 0 spiro atoms. The van der Waals surface area contributed by atoms with Crippen LogP contribution in [0.4, 0.5) is 26.0 Å². The van der Waals surface area contributed by atoms with Crippen LogP contribution >= 0.6 is 11.6 Å². The number of nitrogens with one attached hydrogen (secondary N) is 2. The largest absolute Gasteiger partial charge is 0.492 e.